The molecule has 0 aliphatic heterocycles. The summed E-state index contributed by atoms with van der Waals surface area (Å²) in [5.41, 5.74) is 3.97. The molecule has 2 aromatic heterocycles. The quantitative estimate of drug-likeness (QED) is 0.746. The lowest BCUT2D eigenvalue weighted by atomic mass is 10.1. The molecule has 90 valence electrons. The van der Waals surface area contributed by atoms with Crippen molar-refractivity contribution in [1.82, 2.24) is 20.4 Å². The molecule has 3 aromatic rings. The lowest BCUT2D eigenvalue weighted by Crippen LogP contribution is -1.96. The Balaban J connectivity index is 2.11. The van der Waals surface area contributed by atoms with Crippen LogP contribution in [0.5, 0.6) is 0 Å². The van der Waals surface area contributed by atoms with E-state index in [-0.39, 0.29) is 0 Å². The molecule has 0 spiro atoms. The molecule has 0 radical (unpaired) electrons. The van der Waals surface area contributed by atoms with Crippen LogP contribution in [0.1, 0.15) is 25.5 Å². The summed E-state index contributed by atoms with van der Waals surface area (Å²) in [7, 11) is 0. The van der Waals surface area contributed by atoms with Crippen molar-refractivity contribution < 1.29 is 0 Å². The van der Waals surface area contributed by atoms with Crippen LogP contribution in [0.2, 0.25) is 0 Å². The smallest absolute Gasteiger partial charge is 0.0937 e. The van der Waals surface area contributed by atoms with Gasteiger partial charge in [0.05, 0.1) is 23.1 Å². The van der Waals surface area contributed by atoms with E-state index >= 15 is 0 Å². The van der Waals surface area contributed by atoms with Crippen molar-refractivity contribution in [1.29, 1.82) is 0 Å². The molecule has 0 unspecified atom stereocenters. The zero-order valence-corrected chi connectivity index (χ0v) is 10.4. The zero-order chi connectivity index (χ0) is 12.5. The van der Waals surface area contributed by atoms with Crippen molar-refractivity contribution in [2.45, 2.75) is 19.8 Å². The Morgan fingerprint density at radius 3 is 2.67 bits per heavy atom. The average Bonchev–Trinajstić information content (AvgIpc) is 2.87. The summed E-state index contributed by atoms with van der Waals surface area (Å²) in [5.74, 6) is 0.399. The van der Waals surface area contributed by atoms with Gasteiger partial charge < -0.3 is 0 Å². The van der Waals surface area contributed by atoms with Crippen molar-refractivity contribution in [3.05, 3.63) is 42.2 Å². The SMILES string of the molecule is CC(C)c1ccc(-c2cccc3[nH]ncc23)nn1. The molecule has 3 rings (SSSR count). The zero-order valence-electron chi connectivity index (χ0n) is 10.4. The fourth-order valence-corrected chi connectivity index (χ4v) is 1.99. The van der Waals surface area contributed by atoms with Gasteiger partial charge in [0.1, 0.15) is 0 Å². The number of rotatable bonds is 2. The van der Waals surface area contributed by atoms with Gasteiger partial charge in [-0.3, -0.25) is 5.10 Å². The second-order valence-corrected chi connectivity index (χ2v) is 4.63. The minimum absolute atomic E-state index is 0.399. The molecule has 0 saturated heterocycles. The van der Waals surface area contributed by atoms with Gasteiger partial charge in [-0.05, 0) is 24.1 Å². The van der Waals surface area contributed by atoms with E-state index in [2.05, 4.69) is 34.2 Å². The molecule has 18 heavy (non-hydrogen) atoms. The third-order valence-corrected chi connectivity index (χ3v) is 3.04. The summed E-state index contributed by atoms with van der Waals surface area (Å²) in [4.78, 5) is 0. The van der Waals surface area contributed by atoms with E-state index in [0.29, 0.717) is 5.92 Å². The number of nitrogens with one attached hydrogen (secondary N) is 1. The second-order valence-electron chi connectivity index (χ2n) is 4.63. The molecule has 4 heteroatoms. The van der Waals surface area contributed by atoms with Crippen LogP contribution in [0.15, 0.2) is 36.5 Å². The van der Waals surface area contributed by atoms with Crippen LogP contribution in [0.25, 0.3) is 22.2 Å². The second kappa shape index (κ2) is 4.22. The topological polar surface area (TPSA) is 54.5 Å². The standard InChI is InChI=1S/C14H14N4/c1-9(2)12-6-7-14(18-17-12)10-4-3-5-13-11(10)8-15-16-13/h3-9H,1-2H3,(H,15,16). The minimum atomic E-state index is 0.399. The first-order valence-corrected chi connectivity index (χ1v) is 6.02. The molecule has 0 saturated carbocycles. The van der Waals surface area contributed by atoms with Gasteiger partial charge in [-0.15, -0.1) is 0 Å². The Bertz CT molecular complexity index is 668. The van der Waals surface area contributed by atoms with Crippen LogP contribution >= 0.6 is 0 Å². The lowest BCUT2D eigenvalue weighted by molar-refractivity contribution is 0.787. The monoisotopic (exact) mass is 238 g/mol. The summed E-state index contributed by atoms with van der Waals surface area (Å²) < 4.78 is 0. The molecule has 1 N–H and O–H groups in total. The Morgan fingerprint density at radius 1 is 1.06 bits per heavy atom. The maximum Gasteiger partial charge on any atom is 0.0937 e. The molecular weight excluding hydrogens is 224 g/mol. The summed E-state index contributed by atoms with van der Waals surface area (Å²) in [6.07, 6.45) is 1.82. The normalized spacial score (nSPS) is 11.3. The van der Waals surface area contributed by atoms with Crippen molar-refractivity contribution in [3.63, 3.8) is 0 Å². The highest BCUT2D eigenvalue weighted by molar-refractivity contribution is 5.93. The maximum absolute atomic E-state index is 4.31. The number of hydrogen-bond donors (Lipinski definition) is 1. The van der Waals surface area contributed by atoms with Crippen molar-refractivity contribution in [2.75, 3.05) is 0 Å². The van der Waals surface area contributed by atoms with Gasteiger partial charge >= 0.3 is 0 Å². The fraction of sp³-hybridized carbons (Fsp3) is 0.214. The van der Waals surface area contributed by atoms with Gasteiger partial charge in [0, 0.05) is 10.9 Å². The number of H-pyrrole nitrogens is 1. The summed E-state index contributed by atoms with van der Waals surface area (Å²) in [5, 5.41) is 16.7. The molecule has 0 atom stereocenters. The van der Waals surface area contributed by atoms with Crippen molar-refractivity contribution in [2.24, 2.45) is 0 Å². The third kappa shape index (κ3) is 1.76. The minimum Gasteiger partial charge on any atom is -0.278 e. The number of fused-ring (bicyclic) bond motifs is 1. The molecule has 0 bridgehead atoms. The van der Waals surface area contributed by atoms with Crippen molar-refractivity contribution >= 4 is 10.9 Å². The van der Waals surface area contributed by atoms with Gasteiger partial charge in [-0.25, -0.2) is 0 Å². The first-order valence-electron chi connectivity index (χ1n) is 6.02. The number of benzene rings is 1. The van der Waals surface area contributed by atoms with Gasteiger partial charge in [0.2, 0.25) is 0 Å². The van der Waals surface area contributed by atoms with E-state index < -0.39 is 0 Å². The number of aromatic nitrogens is 4. The van der Waals surface area contributed by atoms with Crippen LogP contribution in [-0.4, -0.2) is 20.4 Å². The van der Waals surface area contributed by atoms with Gasteiger partial charge in [-0.1, -0.05) is 26.0 Å². The number of nitrogens with zero attached hydrogens (tertiary/aromatic N) is 3. The molecule has 1 aromatic carbocycles. The van der Waals surface area contributed by atoms with E-state index in [1.165, 1.54) is 0 Å². The molecule has 0 fully saturated rings. The first-order chi connectivity index (χ1) is 8.75. The number of aromatic amines is 1. The summed E-state index contributed by atoms with van der Waals surface area (Å²) in [6.45, 7) is 4.22. The molecule has 0 aliphatic rings. The third-order valence-electron chi connectivity index (χ3n) is 3.04. The van der Waals surface area contributed by atoms with E-state index in [9.17, 15) is 0 Å². The molecular formula is C14H14N4. The predicted octanol–water partition coefficient (Wildman–Crippen LogP) is 3.14. The van der Waals surface area contributed by atoms with Crippen LogP contribution < -0.4 is 0 Å². The summed E-state index contributed by atoms with van der Waals surface area (Å²) >= 11 is 0. The summed E-state index contributed by atoms with van der Waals surface area (Å²) in [6, 6.07) is 10.1. The molecule has 0 aliphatic carbocycles. The van der Waals surface area contributed by atoms with Gasteiger partial charge in [0.15, 0.2) is 0 Å². The van der Waals surface area contributed by atoms with Gasteiger partial charge in [-0.2, -0.15) is 15.3 Å². The average molecular weight is 238 g/mol. The molecule has 4 nitrogen and oxygen atoms in total. The first kappa shape index (κ1) is 10.9. The van der Waals surface area contributed by atoms with Crippen LogP contribution in [-0.2, 0) is 0 Å². The highest BCUT2D eigenvalue weighted by Crippen LogP contribution is 2.25. The van der Waals surface area contributed by atoms with E-state index in [0.717, 1.165) is 27.9 Å². The fourth-order valence-electron chi connectivity index (χ4n) is 1.99. The lowest BCUT2D eigenvalue weighted by Gasteiger charge is -2.05. The molecule has 2 heterocycles. The predicted molar refractivity (Wildman–Crippen MR) is 71.2 cm³/mol. The number of hydrogen-bond acceptors (Lipinski definition) is 3. The maximum atomic E-state index is 4.31. The van der Waals surface area contributed by atoms with E-state index in [1.54, 1.807) is 0 Å². The van der Waals surface area contributed by atoms with E-state index in [4.69, 9.17) is 0 Å². The van der Waals surface area contributed by atoms with E-state index in [1.807, 2.05) is 36.5 Å². The van der Waals surface area contributed by atoms with Crippen LogP contribution in [0.4, 0.5) is 0 Å². The highest BCUT2D eigenvalue weighted by Gasteiger charge is 2.08. The van der Waals surface area contributed by atoms with Gasteiger partial charge in [0.25, 0.3) is 0 Å². The highest BCUT2D eigenvalue weighted by atomic mass is 15.1. The Kier molecular flexibility index (Phi) is 2.55. The van der Waals surface area contributed by atoms with Crippen LogP contribution in [0, 0.1) is 0 Å². The Labute approximate surface area is 105 Å². The van der Waals surface area contributed by atoms with Crippen molar-refractivity contribution in [3.8, 4) is 11.3 Å². The Hall–Kier alpha value is -2.23. The molecule has 0 amide bonds. The Morgan fingerprint density at radius 2 is 1.94 bits per heavy atom. The van der Waals surface area contributed by atoms with Crippen LogP contribution in [0.3, 0.4) is 0 Å². The largest absolute Gasteiger partial charge is 0.278 e.